The Labute approximate surface area is 267 Å². The van der Waals surface area contributed by atoms with Crippen LogP contribution >= 0.6 is 23.1 Å². The van der Waals surface area contributed by atoms with Gasteiger partial charge in [0.15, 0.2) is 0 Å². The van der Waals surface area contributed by atoms with Gasteiger partial charge in [0.05, 0.1) is 35.9 Å². The molecule has 1 saturated heterocycles. The molecule has 0 radical (unpaired) electrons. The third-order valence-electron chi connectivity index (χ3n) is 7.88. The Balaban J connectivity index is 1.40. The zero-order valence-electron chi connectivity index (χ0n) is 24.6. The van der Waals surface area contributed by atoms with Crippen molar-refractivity contribution in [2.75, 3.05) is 23.9 Å². The molecule has 230 valence electrons. The smallest absolute Gasteiger partial charge is 0.338 e. The number of esters is 1. The van der Waals surface area contributed by atoms with Gasteiger partial charge >= 0.3 is 10.8 Å². The van der Waals surface area contributed by atoms with E-state index in [4.69, 9.17) is 9.47 Å². The van der Waals surface area contributed by atoms with Crippen molar-refractivity contribution in [3.8, 4) is 5.75 Å². The predicted molar refractivity (Wildman–Crippen MR) is 171 cm³/mol. The topological polar surface area (TPSA) is 124 Å². The number of benzene rings is 3. The number of thiazole rings is 1. The van der Waals surface area contributed by atoms with Crippen LogP contribution in [0.3, 0.4) is 0 Å². The maximum Gasteiger partial charge on any atom is 0.338 e. The highest BCUT2D eigenvalue weighted by atomic mass is 32.2. The summed E-state index contributed by atoms with van der Waals surface area (Å²) in [6.07, 6.45) is 0. The van der Waals surface area contributed by atoms with Crippen LogP contribution in [0.1, 0.15) is 39.2 Å². The average Bonchev–Trinajstić information content (AvgIpc) is 3.48. The number of hydrogen-bond donors (Lipinski definition) is 1. The number of hydrogen-bond acceptors (Lipinski definition) is 9. The number of thioether (sulfide) groups is 1. The zero-order chi connectivity index (χ0) is 31.8. The van der Waals surface area contributed by atoms with Gasteiger partial charge in [-0.1, -0.05) is 59.5 Å². The first-order valence-electron chi connectivity index (χ1n) is 14.3. The lowest BCUT2D eigenvalue weighted by Gasteiger charge is -2.31. The Bertz CT molecular complexity index is 1880. The fourth-order valence-electron chi connectivity index (χ4n) is 5.78. The summed E-state index contributed by atoms with van der Waals surface area (Å²) in [4.78, 5) is 68.4. The first-order chi connectivity index (χ1) is 21.7. The molecule has 1 aromatic heterocycles. The Morgan fingerprint density at radius 2 is 1.64 bits per heavy atom. The molecule has 2 aliphatic heterocycles. The Morgan fingerprint density at radius 3 is 2.36 bits per heavy atom. The number of anilines is 2. The van der Waals surface area contributed by atoms with Gasteiger partial charge < -0.3 is 14.8 Å². The summed E-state index contributed by atoms with van der Waals surface area (Å²) in [5.74, 6) is -2.77. The second kappa shape index (κ2) is 12.4. The van der Waals surface area contributed by atoms with E-state index in [0.717, 1.165) is 33.6 Å². The monoisotopic (exact) mass is 643 g/mol. The quantitative estimate of drug-likeness (QED) is 0.214. The van der Waals surface area contributed by atoms with E-state index in [9.17, 15) is 24.0 Å². The van der Waals surface area contributed by atoms with Crippen LogP contribution in [0.2, 0.25) is 0 Å². The third kappa shape index (κ3) is 5.44. The molecule has 1 fully saturated rings. The van der Waals surface area contributed by atoms with E-state index in [1.807, 2.05) is 37.3 Å². The van der Waals surface area contributed by atoms with Gasteiger partial charge in [0, 0.05) is 22.0 Å². The Hall–Kier alpha value is -4.68. The molecule has 1 N–H and O–H groups in total. The molecule has 45 heavy (non-hydrogen) atoms. The molecule has 0 aliphatic carbocycles. The summed E-state index contributed by atoms with van der Waals surface area (Å²) >= 11 is 2.10. The number of methoxy groups -OCH3 is 1. The molecule has 0 spiro atoms. The van der Waals surface area contributed by atoms with Gasteiger partial charge in [-0.15, -0.1) is 0 Å². The van der Waals surface area contributed by atoms with Crippen molar-refractivity contribution in [3.63, 3.8) is 0 Å². The van der Waals surface area contributed by atoms with Gasteiger partial charge in [-0.3, -0.25) is 23.7 Å². The molecule has 2 aliphatic rings. The normalized spacial score (nSPS) is 18.7. The second-order valence-corrected chi connectivity index (χ2v) is 12.7. The van der Waals surface area contributed by atoms with Gasteiger partial charge in [-0.2, -0.15) is 0 Å². The summed E-state index contributed by atoms with van der Waals surface area (Å²) in [5.41, 5.74) is 2.80. The van der Waals surface area contributed by atoms with E-state index in [0.29, 0.717) is 38.2 Å². The number of fused-ring (bicyclic) bond motifs is 2. The number of rotatable bonds is 8. The Kier molecular flexibility index (Phi) is 8.34. The third-order valence-corrected chi connectivity index (χ3v) is 10.5. The lowest BCUT2D eigenvalue weighted by molar-refractivity contribution is -0.122. The number of carbonyl (C=O) groups excluding carboxylic acids is 4. The van der Waals surface area contributed by atoms with E-state index in [1.165, 1.54) is 23.8 Å². The first kappa shape index (κ1) is 30.4. The lowest BCUT2D eigenvalue weighted by Crippen LogP contribution is -2.33. The number of para-hydroxylation sites is 2. The summed E-state index contributed by atoms with van der Waals surface area (Å²) in [6.45, 7) is 3.54. The van der Waals surface area contributed by atoms with Crippen molar-refractivity contribution in [1.82, 2.24) is 4.57 Å². The predicted octanol–water partition coefficient (Wildman–Crippen LogP) is 4.84. The summed E-state index contributed by atoms with van der Waals surface area (Å²) in [6, 6.07) is 20.7. The van der Waals surface area contributed by atoms with Crippen LogP contribution in [-0.2, 0) is 25.7 Å². The van der Waals surface area contributed by atoms with Crippen molar-refractivity contribution in [2.45, 2.75) is 36.6 Å². The molecule has 10 nitrogen and oxygen atoms in total. The van der Waals surface area contributed by atoms with Crippen LogP contribution in [0, 0.1) is 12.8 Å². The highest BCUT2D eigenvalue weighted by Gasteiger charge is 2.57. The number of ether oxygens (including phenoxy) is 2. The van der Waals surface area contributed by atoms with Gasteiger partial charge in [-0.05, 0) is 55.8 Å². The number of imide groups is 1. The largest absolute Gasteiger partial charge is 0.496 e. The number of aryl methyl sites for hydroxylation is 1. The molecule has 4 aromatic rings. The highest BCUT2D eigenvalue weighted by molar-refractivity contribution is 8.00. The number of amides is 3. The minimum atomic E-state index is -0.871. The van der Waals surface area contributed by atoms with E-state index < -0.39 is 34.9 Å². The van der Waals surface area contributed by atoms with Crippen molar-refractivity contribution < 1.29 is 28.7 Å². The van der Waals surface area contributed by atoms with Crippen molar-refractivity contribution >= 4 is 58.2 Å². The van der Waals surface area contributed by atoms with Crippen LogP contribution in [0.4, 0.5) is 11.4 Å². The van der Waals surface area contributed by atoms with E-state index in [1.54, 1.807) is 37.3 Å². The van der Waals surface area contributed by atoms with Gasteiger partial charge in [-0.25, -0.2) is 9.69 Å². The van der Waals surface area contributed by atoms with Crippen LogP contribution in [-0.4, -0.2) is 47.2 Å². The van der Waals surface area contributed by atoms with Gasteiger partial charge in [0.25, 0.3) is 0 Å². The summed E-state index contributed by atoms with van der Waals surface area (Å²) in [7, 11) is 1.53. The van der Waals surface area contributed by atoms with Crippen LogP contribution < -0.4 is 19.8 Å². The molecule has 6 rings (SSSR count). The molecule has 3 aromatic carbocycles. The fraction of sp³-hybridized carbons (Fsp3) is 0.242. The molecule has 2 unspecified atom stereocenters. The number of nitrogens with one attached hydrogen (secondary N) is 1. The standard InChI is InChI=1S/C33H29N3O7S2/c1-4-43-32(40)19-13-15-20(16-14-19)36-29(38)26-25(21-10-6-8-12-23(21)42-3)28-31(44-27(26)30(36)39)35(33(41)45-28)17-24(37)34-22-11-7-5-9-18(22)2/h5-16,25-27H,4,17H2,1-3H3,(H,34,37)/t25-,26?,27?/m1/s1. The van der Waals surface area contributed by atoms with Crippen LogP contribution in [0.15, 0.2) is 82.6 Å². The van der Waals surface area contributed by atoms with Crippen molar-refractivity contribution in [1.29, 1.82) is 0 Å². The minimum absolute atomic E-state index is 0.220. The first-order valence-corrected chi connectivity index (χ1v) is 16.0. The van der Waals surface area contributed by atoms with Gasteiger partial charge in [0.1, 0.15) is 17.5 Å². The zero-order valence-corrected chi connectivity index (χ0v) is 26.3. The lowest BCUT2D eigenvalue weighted by atomic mass is 9.82. The molecule has 0 saturated carbocycles. The van der Waals surface area contributed by atoms with Crippen molar-refractivity contribution in [3.05, 3.63) is 104 Å². The second-order valence-electron chi connectivity index (χ2n) is 10.5. The number of aromatic nitrogens is 1. The fourth-order valence-corrected chi connectivity index (χ4v) is 8.54. The maximum atomic E-state index is 14.2. The van der Waals surface area contributed by atoms with Gasteiger partial charge in [0.2, 0.25) is 17.7 Å². The van der Waals surface area contributed by atoms with Crippen LogP contribution in [0.25, 0.3) is 0 Å². The summed E-state index contributed by atoms with van der Waals surface area (Å²) < 4.78 is 12.1. The molecule has 3 amide bonds. The van der Waals surface area contributed by atoms with E-state index >= 15 is 0 Å². The average molecular weight is 644 g/mol. The maximum absolute atomic E-state index is 14.2. The molecule has 0 bridgehead atoms. The SMILES string of the molecule is CCOC(=O)c1ccc(N2C(=O)C3Sc4c(sc(=O)n4CC(=O)Nc4ccccc4C)[C@H](c4ccccc4OC)C3C2=O)cc1. The molecule has 3 atom stereocenters. The molecular formula is C33H29N3O7S2. The molecular weight excluding hydrogens is 615 g/mol. The van der Waals surface area contributed by atoms with Crippen LogP contribution in [0.5, 0.6) is 5.75 Å². The summed E-state index contributed by atoms with van der Waals surface area (Å²) in [5, 5.41) is 2.47. The Morgan fingerprint density at radius 1 is 0.933 bits per heavy atom. The molecule has 3 heterocycles. The van der Waals surface area contributed by atoms with E-state index in [2.05, 4.69) is 5.32 Å². The number of nitrogens with zero attached hydrogens (tertiary/aromatic N) is 2. The highest BCUT2D eigenvalue weighted by Crippen LogP contribution is 2.55. The van der Waals surface area contributed by atoms with E-state index in [-0.39, 0.29) is 23.9 Å². The number of carbonyl (C=O) groups is 4. The minimum Gasteiger partial charge on any atom is -0.496 e. The molecule has 12 heteroatoms. The van der Waals surface area contributed by atoms with Crippen molar-refractivity contribution in [2.24, 2.45) is 5.92 Å².